The van der Waals surface area contributed by atoms with Gasteiger partial charge in [0.2, 0.25) is 5.95 Å². The normalized spacial score (nSPS) is 17.5. The van der Waals surface area contributed by atoms with E-state index in [4.69, 9.17) is 17.3 Å². The van der Waals surface area contributed by atoms with Gasteiger partial charge in [-0.25, -0.2) is 9.97 Å². The summed E-state index contributed by atoms with van der Waals surface area (Å²) in [5.74, 6) is 0.537. The van der Waals surface area contributed by atoms with Crippen LogP contribution in [0.1, 0.15) is 26.2 Å². The van der Waals surface area contributed by atoms with E-state index in [-0.39, 0.29) is 0 Å². The van der Waals surface area contributed by atoms with Crippen LogP contribution in [0.5, 0.6) is 0 Å². The van der Waals surface area contributed by atoms with Crippen LogP contribution in [0.25, 0.3) is 11.2 Å². The third-order valence-corrected chi connectivity index (χ3v) is 3.99. The largest absolute Gasteiger partial charge is 0.369 e. The number of hydrogen-bond acceptors (Lipinski definition) is 3. The first-order valence-corrected chi connectivity index (χ1v) is 6.29. The number of hydrogen-bond donors (Lipinski definition) is 1. The summed E-state index contributed by atoms with van der Waals surface area (Å²) >= 11 is 5.90. The van der Waals surface area contributed by atoms with E-state index in [1.807, 2.05) is 10.6 Å². The van der Waals surface area contributed by atoms with Crippen molar-refractivity contribution in [2.75, 3.05) is 5.73 Å². The molecular weight excluding hydrogens is 236 g/mol. The standard InChI is InChI=1S/C12H15ClN4/c1-2-12(3-4-12)7-17-10-9(16-11(17)14)5-8(13)6-15-10/h5-6H,2-4,7H2,1H3,(H2,14,16). The third-order valence-electron chi connectivity index (χ3n) is 3.78. The van der Waals surface area contributed by atoms with E-state index in [1.54, 1.807) is 6.20 Å². The summed E-state index contributed by atoms with van der Waals surface area (Å²) in [4.78, 5) is 8.65. The number of nitrogens with zero attached hydrogens (tertiary/aromatic N) is 3. The van der Waals surface area contributed by atoms with Gasteiger partial charge >= 0.3 is 0 Å². The molecule has 0 amide bonds. The van der Waals surface area contributed by atoms with Gasteiger partial charge in [0, 0.05) is 12.7 Å². The second-order valence-electron chi connectivity index (χ2n) is 4.91. The average molecular weight is 251 g/mol. The molecule has 0 atom stereocenters. The highest BCUT2D eigenvalue weighted by Gasteiger charge is 2.41. The van der Waals surface area contributed by atoms with Crippen molar-refractivity contribution in [2.45, 2.75) is 32.7 Å². The number of rotatable bonds is 3. The molecule has 3 rings (SSSR count). The van der Waals surface area contributed by atoms with E-state index in [1.165, 1.54) is 19.3 Å². The molecule has 4 nitrogen and oxygen atoms in total. The second kappa shape index (κ2) is 3.60. The zero-order valence-electron chi connectivity index (χ0n) is 9.78. The molecule has 0 aromatic carbocycles. The molecule has 2 N–H and O–H groups in total. The summed E-state index contributed by atoms with van der Waals surface area (Å²) in [5, 5.41) is 0.596. The summed E-state index contributed by atoms with van der Waals surface area (Å²) in [6.45, 7) is 3.15. The Morgan fingerprint density at radius 3 is 2.94 bits per heavy atom. The van der Waals surface area contributed by atoms with Crippen LogP contribution in [0.2, 0.25) is 5.02 Å². The molecule has 0 unspecified atom stereocenters. The van der Waals surface area contributed by atoms with E-state index >= 15 is 0 Å². The number of nitrogen functional groups attached to an aromatic ring is 1. The van der Waals surface area contributed by atoms with Gasteiger partial charge in [0.05, 0.1) is 5.02 Å². The van der Waals surface area contributed by atoms with Crippen LogP contribution in [0, 0.1) is 5.41 Å². The lowest BCUT2D eigenvalue weighted by Crippen LogP contribution is -2.13. The van der Waals surface area contributed by atoms with Gasteiger partial charge in [-0.3, -0.25) is 4.57 Å². The minimum atomic E-state index is 0.420. The minimum Gasteiger partial charge on any atom is -0.369 e. The molecule has 0 aliphatic heterocycles. The maximum Gasteiger partial charge on any atom is 0.202 e. The molecule has 1 aliphatic carbocycles. The van der Waals surface area contributed by atoms with Crippen molar-refractivity contribution in [1.82, 2.24) is 14.5 Å². The van der Waals surface area contributed by atoms with Crippen molar-refractivity contribution < 1.29 is 0 Å². The summed E-state index contributed by atoms with van der Waals surface area (Å²) in [6.07, 6.45) is 5.37. The van der Waals surface area contributed by atoms with Gasteiger partial charge in [0.15, 0.2) is 5.65 Å². The fraction of sp³-hybridized carbons (Fsp3) is 0.500. The van der Waals surface area contributed by atoms with Crippen LogP contribution in [-0.4, -0.2) is 14.5 Å². The van der Waals surface area contributed by atoms with Gasteiger partial charge in [0.25, 0.3) is 0 Å². The maximum atomic E-state index is 5.96. The number of imidazole rings is 1. The van der Waals surface area contributed by atoms with Crippen LogP contribution in [0.3, 0.4) is 0 Å². The fourth-order valence-electron chi connectivity index (χ4n) is 2.30. The van der Waals surface area contributed by atoms with Crippen molar-refractivity contribution in [3.8, 4) is 0 Å². The Morgan fingerprint density at radius 1 is 1.53 bits per heavy atom. The first kappa shape index (κ1) is 10.8. The predicted octanol–water partition coefficient (Wildman–Crippen LogP) is 2.86. The molecule has 0 saturated heterocycles. The molecule has 1 aliphatic rings. The summed E-state index contributed by atoms with van der Waals surface area (Å²) < 4.78 is 2.02. The van der Waals surface area contributed by atoms with E-state index in [0.29, 0.717) is 16.4 Å². The highest BCUT2D eigenvalue weighted by Crippen LogP contribution is 2.50. The number of anilines is 1. The summed E-state index contributed by atoms with van der Waals surface area (Å²) in [7, 11) is 0. The molecule has 2 aromatic heterocycles. The molecule has 1 fully saturated rings. The van der Waals surface area contributed by atoms with Gasteiger partial charge in [-0.1, -0.05) is 18.5 Å². The number of fused-ring (bicyclic) bond motifs is 1. The van der Waals surface area contributed by atoms with Crippen LogP contribution in [-0.2, 0) is 6.54 Å². The average Bonchev–Trinajstić information content (AvgIpc) is 3.01. The molecular formula is C12H15ClN4. The predicted molar refractivity (Wildman–Crippen MR) is 68.9 cm³/mol. The maximum absolute atomic E-state index is 5.96. The molecule has 90 valence electrons. The first-order valence-electron chi connectivity index (χ1n) is 5.91. The zero-order chi connectivity index (χ0) is 12.0. The Hall–Kier alpha value is -1.29. The molecule has 0 bridgehead atoms. The van der Waals surface area contributed by atoms with Crippen LogP contribution in [0.4, 0.5) is 5.95 Å². The third kappa shape index (κ3) is 1.76. The van der Waals surface area contributed by atoms with Crippen LogP contribution < -0.4 is 5.73 Å². The SMILES string of the molecule is CCC1(Cn2c(N)nc3cc(Cl)cnc32)CC1. The molecule has 0 spiro atoms. The summed E-state index contributed by atoms with van der Waals surface area (Å²) in [6, 6.07) is 1.81. The van der Waals surface area contributed by atoms with Crippen molar-refractivity contribution >= 4 is 28.7 Å². The molecule has 2 heterocycles. The van der Waals surface area contributed by atoms with Crippen molar-refractivity contribution in [1.29, 1.82) is 0 Å². The van der Waals surface area contributed by atoms with E-state index in [9.17, 15) is 0 Å². The lowest BCUT2D eigenvalue weighted by Gasteiger charge is -2.14. The topological polar surface area (TPSA) is 56.7 Å². The Bertz CT molecular complexity index is 571. The fourth-order valence-corrected chi connectivity index (χ4v) is 2.45. The molecule has 2 aromatic rings. The van der Waals surface area contributed by atoms with Crippen molar-refractivity contribution in [2.24, 2.45) is 5.41 Å². The Balaban J connectivity index is 2.06. The summed E-state index contributed by atoms with van der Waals surface area (Å²) in [5.41, 5.74) is 8.00. The number of pyridine rings is 1. The minimum absolute atomic E-state index is 0.420. The monoisotopic (exact) mass is 250 g/mol. The molecule has 5 heteroatoms. The second-order valence-corrected chi connectivity index (χ2v) is 5.34. The van der Waals surface area contributed by atoms with Gasteiger partial charge < -0.3 is 5.73 Å². The Morgan fingerprint density at radius 2 is 2.29 bits per heavy atom. The van der Waals surface area contributed by atoms with Gasteiger partial charge in [-0.05, 0) is 30.7 Å². The number of halogens is 1. The van der Waals surface area contributed by atoms with E-state index in [0.717, 1.165) is 17.7 Å². The quantitative estimate of drug-likeness (QED) is 0.911. The number of aromatic nitrogens is 3. The van der Waals surface area contributed by atoms with Gasteiger partial charge in [-0.15, -0.1) is 0 Å². The highest BCUT2D eigenvalue weighted by atomic mass is 35.5. The molecule has 0 radical (unpaired) electrons. The van der Waals surface area contributed by atoms with Gasteiger partial charge in [0.1, 0.15) is 5.52 Å². The lowest BCUT2D eigenvalue weighted by molar-refractivity contribution is 0.417. The van der Waals surface area contributed by atoms with Crippen molar-refractivity contribution in [3.63, 3.8) is 0 Å². The number of nitrogens with two attached hydrogens (primary N) is 1. The Labute approximate surface area is 105 Å². The van der Waals surface area contributed by atoms with Crippen LogP contribution in [0.15, 0.2) is 12.3 Å². The molecule has 17 heavy (non-hydrogen) atoms. The Kier molecular flexibility index (Phi) is 2.30. The molecule has 1 saturated carbocycles. The van der Waals surface area contributed by atoms with E-state index < -0.39 is 0 Å². The van der Waals surface area contributed by atoms with Crippen molar-refractivity contribution in [3.05, 3.63) is 17.3 Å². The first-order chi connectivity index (χ1) is 8.13. The lowest BCUT2D eigenvalue weighted by atomic mass is 10.0. The van der Waals surface area contributed by atoms with Crippen LogP contribution >= 0.6 is 11.6 Å². The highest BCUT2D eigenvalue weighted by molar-refractivity contribution is 6.31. The van der Waals surface area contributed by atoms with Gasteiger partial charge in [-0.2, -0.15) is 0 Å². The van der Waals surface area contributed by atoms with E-state index in [2.05, 4.69) is 16.9 Å². The smallest absolute Gasteiger partial charge is 0.202 e. The zero-order valence-corrected chi connectivity index (χ0v) is 10.5.